The van der Waals surface area contributed by atoms with Crippen LogP contribution in [-0.4, -0.2) is 24.7 Å². The summed E-state index contributed by atoms with van der Waals surface area (Å²) in [5.74, 6) is 1.32. The summed E-state index contributed by atoms with van der Waals surface area (Å²) in [6, 6.07) is 4.03. The number of rotatable bonds is 5. The minimum atomic E-state index is 0.244. The molecular formula is C13H18N2O2. The molecule has 0 amide bonds. The van der Waals surface area contributed by atoms with Crippen molar-refractivity contribution in [2.24, 2.45) is 5.92 Å². The van der Waals surface area contributed by atoms with Crippen LogP contribution in [0, 0.1) is 5.92 Å². The zero-order valence-electron chi connectivity index (χ0n) is 10.4. The Morgan fingerprint density at radius 3 is 2.94 bits per heavy atom. The highest BCUT2D eigenvalue weighted by Gasteiger charge is 2.15. The predicted octanol–water partition coefficient (Wildman–Crippen LogP) is 2.91. The number of pyridine rings is 1. The number of hydrogen-bond donors (Lipinski definition) is 1. The molecule has 0 saturated carbocycles. The van der Waals surface area contributed by atoms with Crippen LogP contribution in [0.3, 0.4) is 0 Å². The normalized spacial score (nSPS) is 13.2. The van der Waals surface area contributed by atoms with Gasteiger partial charge in [0.2, 0.25) is 0 Å². The van der Waals surface area contributed by atoms with E-state index in [0.29, 0.717) is 12.5 Å². The van der Waals surface area contributed by atoms with Crippen LogP contribution in [0.1, 0.15) is 13.8 Å². The van der Waals surface area contributed by atoms with Crippen molar-refractivity contribution in [3.8, 4) is 0 Å². The smallest absolute Gasteiger partial charge is 0.139 e. The number of ether oxygens (including phenoxy) is 1. The van der Waals surface area contributed by atoms with Crippen molar-refractivity contribution in [2.45, 2.75) is 19.9 Å². The summed E-state index contributed by atoms with van der Waals surface area (Å²) in [5, 5.41) is 4.42. The second-order valence-electron chi connectivity index (χ2n) is 4.44. The average Bonchev–Trinajstić information content (AvgIpc) is 2.77. The van der Waals surface area contributed by atoms with Gasteiger partial charge in [-0.05, 0) is 18.1 Å². The Hall–Kier alpha value is -1.55. The summed E-state index contributed by atoms with van der Waals surface area (Å²) >= 11 is 0. The fourth-order valence-electron chi connectivity index (χ4n) is 1.77. The highest BCUT2D eigenvalue weighted by atomic mass is 16.5. The first kappa shape index (κ1) is 11.9. The first-order valence-corrected chi connectivity index (χ1v) is 5.80. The van der Waals surface area contributed by atoms with Gasteiger partial charge in [-0.25, -0.2) is 4.98 Å². The molecule has 2 heterocycles. The standard InChI is InChI=1S/C13H18N2O2/c1-9(2)11(8-16-3)15-13-10-5-7-17-12(10)4-6-14-13/h4-7,9,11H,8H2,1-3H3,(H,14,15). The fraction of sp³-hybridized carbons (Fsp3) is 0.462. The summed E-state index contributed by atoms with van der Waals surface area (Å²) in [5.41, 5.74) is 0.849. The Bertz CT molecular complexity index is 479. The molecule has 0 aliphatic rings. The minimum Gasteiger partial charge on any atom is -0.464 e. The lowest BCUT2D eigenvalue weighted by Gasteiger charge is -2.22. The van der Waals surface area contributed by atoms with Crippen LogP contribution < -0.4 is 5.32 Å². The largest absolute Gasteiger partial charge is 0.464 e. The maximum atomic E-state index is 5.35. The molecule has 1 N–H and O–H groups in total. The molecule has 0 fully saturated rings. The van der Waals surface area contributed by atoms with Crippen molar-refractivity contribution in [1.29, 1.82) is 0 Å². The molecule has 4 nitrogen and oxygen atoms in total. The highest BCUT2D eigenvalue weighted by molar-refractivity contribution is 5.87. The van der Waals surface area contributed by atoms with E-state index >= 15 is 0 Å². The van der Waals surface area contributed by atoms with Crippen LogP contribution in [0.25, 0.3) is 11.0 Å². The topological polar surface area (TPSA) is 47.3 Å². The second-order valence-corrected chi connectivity index (χ2v) is 4.44. The van der Waals surface area contributed by atoms with Crippen LogP contribution in [0.15, 0.2) is 29.0 Å². The number of hydrogen-bond acceptors (Lipinski definition) is 4. The van der Waals surface area contributed by atoms with E-state index in [1.165, 1.54) is 0 Å². The number of furan rings is 1. The van der Waals surface area contributed by atoms with Crippen molar-refractivity contribution in [2.75, 3.05) is 19.0 Å². The van der Waals surface area contributed by atoms with Crippen molar-refractivity contribution in [3.05, 3.63) is 24.6 Å². The molecule has 2 aromatic heterocycles. The molecule has 1 unspecified atom stereocenters. The molecule has 17 heavy (non-hydrogen) atoms. The Kier molecular flexibility index (Phi) is 3.64. The lowest BCUT2D eigenvalue weighted by Crippen LogP contribution is -2.30. The lowest BCUT2D eigenvalue weighted by molar-refractivity contribution is 0.171. The molecule has 4 heteroatoms. The van der Waals surface area contributed by atoms with E-state index in [1.54, 1.807) is 19.6 Å². The summed E-state index contributed by atoms with van der Waals surface area (Å²) < 4.78 is 10.6. The van der Waals surface area contributed by atoms with Gasteiger partial charge in [-0.2, -0.15) is 0 Å². The predicted molar refractivity (Wildman–Crippen MR) is 68.1 cm³/mol. The monoisotopic (exact) mass is 234 g/mol. The van der Waals surface area contributed by atoms with Crippen molar-refractivity contribution in [1.82, 2.24) is 4.98 Å². The Labute approximate surface area is 101 Å². The SMILES string of the molecule is COCC(Nc1nccc2occc12)C(C)C. The van der Waals surface area contributed by atoms with Crippen LogP contribution in [0.4, 0.5) is 5.82 Å². The molecule has 2 aromatic rings. The van der Waals surface area contributed by atoms with Gasteiger partial charge >= 0.3 is 0 Å². The van der Waals surface area contributed by atoms with E-state index in [0.717, 1.165) is 16.8 Å². The molecule has 2 rings (SSSR count). The van der Waals surface area contributed by atoms with E-state index in [2.05, 4.69) is 24.1 Å². The van der Waals surface area contributed by atoms with Crippen LogP contribution in [0.2, 0.25) is 0 Å². The van der Waals surface area contributed by atoms with Crippen molar-refractivity contribution < 1.29 is 9.15 Å². The van der Waals surface area contributed by atoms with Gasteiger partial charge in [0.1, 0.15) is 11.4 Å². The van der Waals surface area contributed by atoms with E-state index in [9.17, 15) is 0 Å². The maximum absolute atomic E-state index is 5.35. The quantitative estimate of drug-likeness (QED) is 0.864. The lowest BCUT2D eigenvalue weighted by atomic mass is 10.1. The van der Waals surface area contributed by atoms with Gasteiger partial charge in [-0.3, -0.25) is 0 Å². The Balaban J connectivity index is 2.24. The van der Waals surface area contributed by atoms with Gasteiger partial charge in [0.15, 0.2) is 0 Å². The van der Waals surface area contributed by atoms with Crippen LogP contribution in [0.5, 0.6) is 0 Å². The van der Waals surface area contributed by atoms with Crippen LogP contribution >= 0.6 is 0 Å². The third kappa shape index (κ3) is 2.58. The molecule has 92 valence electrons. The third-order valence-electron chi connectivity index (χ3n) is 2.85. The number of methoxy groups -OCH3 is 1. The number of aromatic nitrogens is 1. The van der Waals surface area contributed by atoms with Gasteiger partial charge < -0.3 is 14.5 Å². The molecular weight excluding hydrogens is 216 g/mol. The van der Waals surface area contributed by atoms with E-state index < -0.39 is 0 Å². The molecule has 0 bridgehead atoms. The van der Waals surface area contributed by atoms with Gasteiger partial charge in [0.05, 0.1) is 24.3 Å². The molecule has 0 aliphatic heterocycles. The summed E-state index contributed by atoms with van der Waals surface area (Å²) in [4.78, 5) is 4.36. The molecule has 0 spiro atoms. The average molecular weight is 234 g/mol. The molecule has 0 saturated heterocycles. The molecule has 0 aliphatic carbocycles. The Morgan fingerprint density at radius 2 is 2.24 bits per heavy atom. The van der Waals surface area contributed by atoms with Crippen molar-refractivity contribution in [3.63, 3.8) is 0 Å². The number of nitrogens with zero attached hydrogens (tertiary/aromatic N) is 1. The van der Waals surface area contributed by atoms with E-state index in [1.807, 2.05) is 12.1 Å². The number of anilines is 1. The number of fused-ring (bicyclic) bond motifs is 1. The van der Waals surface area contributed by atoms with Gasteiger partial charge in [0, 0.05) is 13.3 Å². The fourth-order valence-corrected chi connectivity index (χ4v) is 1.77. The third-order valence-corrected chi connectivity index (χ3v) is 2.85. The van der Waals surface area contributed by atoms with Gasteiger partial charge in [-0.1, -0.05) is 13.8 Å². The Morgan fingerprint density at radius 1 is 1.41 bits per heavy atom. The minimum absolute atomic E-state index is 0.244. The summed E-state index contributed by atoms with van der Waals surface area (Å²) in [7, 11) is 1.71. The molecule has 1 atom stereocenters. The molecule has 0 aromatic carbocycles. The van der Waals surface area contributed by atoms with Crippen LogP contribution in [-0.2, 0) is 4.74 Å². The first-order chi connectivity index (χ1) is 8.22. The summed E-state index contributed by atoms with van der Waals surface area (Å²) in [6.07, 6.45) is 3.43. The van der Waals surface area contributed by atoms with Gasteiger partial charge in [-0.15, -0.1) is 0 Å². The first-order valence-electron chi connectivity index (χ1n) is 5.80. The zero-order valence-corrected chi connectivity index (χ0v) is 10.4. The van der Waals surface area contributed by atoms with Crippen molar-refractivity contribution >= 4 is 16.8 Å². The maximum Gasteiger partial charge on any atom is 0.139 e. The zero-order chi connectivity index (χ0) is 12.3. The van der Waals surface area contributed by atoms with Gasteiger partial charge in [0.25, 0.3) is 0 Å². The highest BCUT2D eigenvalue weighted by Crippen LogP contribution is 2.23. The molecule has 0 radical (unpaired) electrons. The second kappa shape index (κ2) is 5.19. The summed E-state index contributed by atoms with van der Waals surface area (Å²) in [6.45, 7) is 4.98. The van der Waals surface area contributed by atoms with E-state index in [4.69, 9.17) is 9.15 Å². The van der Waals surface area contributed by atoms with E-state index in [-0.39, 0.29) is 6.04 Å². The number of nitrogens with one attached hydrogen (secondary N) is 1.